The minimum Gasteiger partial charge on any atom is -1.00 e. The van der Waals surface area contributed by atoms with Gasteiger partial charge in [0.25, 0.3) is 6.47 Å². The molecule has 51 heavy (non-hydrogen) atoms. The number of carbonyl (C=O) groups excluding carboxylic acids is 1. The Morgan fingerprint density at radius 3 is 1.71 bits per heavy atom. The molecule has 6 aromatic rings. The smallest absolute Gasteiger partial charge is 1.00 e. The van der Waals surface area contributed by atoms with Gasteiger partial charge in [-0.25, -0.2) is 19.7 Å². The second-order valence-corrected chi connectivity index (χ2v) is 11.6. The molecule has 250 valence electrons. The van der Waals surface area contributed by atoms with E-state index < -0.39 is 0 Å². The van der Waals surface area contributed by atoms with Gasteiger partial charge in [-0.15, -0.1) is 10.2 Å². The molecule has 0 spiro atoms. The minimum atomic E-state index is -0.181. The largest absolute Gasteiger partial charge is 1.00 e. The van der Waals surface area contributed by atoms with Crippen LogP contribution in [0.15, 0.2) is 131 Å². The normalized spacial score (nSPS) is 9.06. The molecule has 18 heteroatoms. The van der Waals surface area contributed by atoms with Crippen molar-refractivity contribution < 1.29 is 119 Å². The third kappa shape index (κ3) is 18.0. The van der Waals surface area contributed by atoms with E-state index in [1.54, 1.807) is 41.7 Å². The van der Waals surface area contributed by atoms with Crippen molar-refractivity contribution in [2.45, 2.75) is 11.9 Å². The van der Waals surface area contributed by atoms with E-state index in [2.05, 4.69) is 112 Å². The quantitative estimate of drug-likeness (QED) is 0.0605. The van der Waals surface area contributed by atoms with Crippen molar-refractivity contribution in [1.29, 1.82) is 0 Å². The van der Waals surface area contributed by atoms with Crippen LogP contribution in [0.1, 0.15) is 12.6 Å². The molecule has 6 rings (SSSR count). The van der Waals surface area contributed by atoms with E-state index >= 15 is 0 Å². The molecule has 0 fully saturated rings. The zero-order valence-corrected chi connectivity index (χ0v) is 38.4. The summed E-state index contributed by atoms with van der Waals surface area (Å²) in [5, 5.41) is 19.5. The average Bonchev–Trinajstić information content (AvgIpc) is 3.88. The van der Waals surface area contributed by atoms with Crippen LogP contribution in [0.25, 0.3) is 9.69 Å². The number of rotatable bonds is 8. The van der Waals surface area contributed by atoms with Crippen LogP contribution < -0.4 is 118 Å². The van der Waals surface area contributed by atoms with Crippen molar-refractivity contribution in [3.63, 3.8) is 0 Å². The van der Waals surface area contributed by atoms with Crippen molar-refractivity contribution in [3.05, 3.63) is 165 Å². The zero-order chi connectivity index (χ0) is 35.3. The maximum absolute atomic E-state index is 8.64. The molecular weight excluding hydrogens is 902 g/mol. The van der Waals surface area contributed by atoms with Gasteiger partial charge in [0.05, 0.1) is 31.1 Å². The molecular formula is C33H27Br3K2N10O3. The first-order valence-corrected chi connectivity index (χ1v) is 16.6. The summed E-state index contributed by atoms with van der Waals surface area (Å²) in [5.74, 6) is 0. The predicted octanol–water partition coefficient (Wildman–Crippen LogP) is 1.66. The summed E-state index contributed by atoms with van der Waals surface area (Å²) >= 11 is 10.2. The minimum absolute atomic E-state index is 0. The number of nitrogens with zero attached hydrogens (tertiary/aromatic N) is 9. The fourth-order valence-corrected chi connectivity index (χ4v) is 4.56. The van der Waals surface area contributed by atoms with Crippen LogP contribution in [0.4, 0.5) is 22.7 Å². The summed E-state index contributed by atoms with van der Waals surface area (Å²) in [6.07, 6.45) is 6.16. The molecule has 0 aliphatic rings. The van der Waals surface area contributed by atoms with E-state index in [4.69, 9.17) is 23.2 Å². The van der Waals surface area contributed by atoms with Gasteiger partial charge in [0.15, 0.2) is 11.4 Å². The number of carbonyl (C=O) groups is 1. The second kappa shape index (κ2) is 27.5. The van der Waals surface area contributed by atoms with Gasteiger partial charge in [-0.1, -0.05) is 96.3 Å². The summed E-state index contributed by atoms with van der Waals surface area (Å²) in [4.78, 5) is 29.0. The van der Waals surface area contributed by atoms with Crippen LogP contribution in [0, 0.1) is 13.1 Å². The molecule has 0 amide bonds. The number of aromatic nitrogens is 6. The number of alkyl halides is 1. The van der Waals surface area contributed by atoms with Gasteiger partial charge in [0.2, 0.25) is 0 Å². The number of hydrogen-bond acceptors (Lipinski definition) is 9. The molecule has 0 unspecified atom stereocenters. The zero-order valence-electron chi connectivity index (χ0n) is 28.4. The Morgan fingerprint density at radius 2 is 1.27 bits per heavy atom. The van der Waals surface area contributed by atoms with E-state index in [0.717, 1.165) is 31.2 Å². The van der Waals surface area contributed by atoms with Crippen LogP contribution in [-0.4, -0.2) is 36.2 Å². The first-order chi connectivity index (χ1) is 23.9. The Labute approximate surface area is 407 Å². The standard InChI is InChI=1S/C16H12BrN5.C9H7N5.C7H6Br2.CH2O3.2K.H/c1-18-15-6-8-16(9-7-15)21(22-12-19-11-20-22)10-13-2-4-14(17)5-3-13;1-10-8-2-4-9(5-3-8)13-14-7-11-6-12-14;8-5-6-1-3-7(9)4-2-6;2-1-4-3;;;/h2-9,11-12H,10H2;2-7,13H;1-4H,5H2;1,3H;;;/q;;;;2*+1;-1/p-1. The molecule has 0 saturated carbocycles. The number of halogens is 3. The van der Waals surface area contributed by atoms with Crippen molar-refractivity contribution in [3.8, 4) is 0 Å². The molecule has 2 aromatic heterocycles. The molecule has 4 aromatic carbocycles. The maximum Gasteiger partial charge on any atom is 1.00 e. The molecule has 0 aliphatic carbocycles. The second-order valence-electron chi connectivity index (χ2n) is 9.19. The van der Waals surface area contributed by atoms with Crippen LogP contribution in [0.5, 0.6) is 0 Å². The van der Waals surface area contributed by atoms with E-state index in [1.165, 1.54) is 23.0 Å². The number of anilines is 2. The van der Waals surface area contributed by atoms with E-state index in [1.807, 2.05) is 53.5 Å². The van der Waals surface area contributed by atoms with E-state index in [-0.39, 0.29) is 111 Å². The molecule has 0 atom stereocenters. The molecule has 0 saturated heterocycles. The van der Waals surface area contributed by atoms with Crippen molar-refractivity contribution in [2.24, 2.45) is 0 Å². The van der Waals surface area contributed by atoms with Crippen molar-refractivity contribution in [2.75, 3.05) is 10.4 Å². The Morgan fingerprint density at radius 1 is 0.784 bits per heavy atom. The van der Waals surface area contributed by atoms with Crippen LogP contribution in [0.2, 0.25) is 0 Å². The Bertz CT molecular complexity index is 1900. The van der Waals surface area contributed by atoms with Crippen LogP contribution in [0.3, 0.4) is 0 Å². The topological polar surface area (TPSA) is 135 Å². The monoisotopic (exact) mass is 926 g/mol. The molecule has 0 radical (unpaired) electrons. The molecule has 2 heterocycles. The Kier molecular flexibility index (Phi) is 25.3. The molecule has 0 aliphatic heterocycles. The Hall–Kier alpha value is -2.12. The van der Waals surface area contributed by atoms with Gasteiger partial charge < -0.3 is 11.6 Å². The third-order valence-electron chi connectivity index (χ3n) is 5.94. The Balaban J connectivity index is 0.000000748. The van der Waals surface area contributed by atoms with Crippen LogP contribution in [-0.2, 0) is 21.6 Å². The number of benzene rings is 4. The SMILES string of the molecule is BrCc1ccc(Br)cc1.O=CO[O-].[C-]#[N+]c1ccc(N(Cc2ccc(Br)cc2)n2cncn2)cc1.[C-]#[N+]c1ccc(Nn2cncn2)cc1.[H-].[K+].[K+]. The van der Waals surface area contributed by atoms with Crippen molar-refractivity contribution in [1.82, 2.24) is 29.7 Å². The molecule has 0 bridgehead atoms. The average molecular weight is 930 g/mol. The summed E-state index contributed by atoms with van der Waals surface area (Å²) in [7, 11) is 0. The first-order valence-electron chi connectivity index (χ1n) is 13.8. The molecule has 1 N–H and O–H groups in total. The van der Waals surface area contributed by atoms with E-state index in [9.17, 15) is 0 Å². The number of hydrogen-bond donors (Lipinski definition) is 1. The van der Waals surface area contributed by atoms with Gasteiger partial charge in [-0.3, -0.25) is 15.2 Å². The van der Waals surface area contributed by atoms with Crippen molar-refractivity contribution >= 4 is 77.0 Å². The fourth-order valence-electron chi connectivity index (χ4n) is 3.65. The summed E-state index contributed by atoms with van der Waals surface area (Å²) in [6.45, 7) is 14.3. The van der Waals surface area contributed by atoms with Gasteiger partial charge in [-0.2, -0.15) is 9.58 Å². The first kappa shape index (κ1) is 46.9. The summed E-state index contributed by atoms with van der Waals surface area (Å²) in [6, 6.07) is 30.9. The van der Waals surface area contributed by atoms with E-state index in [0.29, 0.717) is 17.9 Å². The summed E-state index contributed by atoms with van der Waals surface area (Å²) < 4.78 is 2.18. The van der Waals surface area contributed by atoms with Crippen LogP contribution >= 0.6 is 47.8 Å². The van der Waals surface area contributed by atoms with Gasteiger partial charge in [-0.05, 0) is 59.7 Å². The number of nitrogens with one attached hydrogen (secondary N) is 1. The fraction of sp³-hybridized carbons (Fsp3) is 0.0606. The predicted molar refractivity (Wildman–Crippen MR) is 195 cm³/mol. The molecule has 13 nitrogen and oxygen atoms in total. The third-order valence-corrected chi connectivity index (χ3v) is 7.65. The summed E-state index contributed by atoms with van der Waals surface area (Å²) in [5.41, 5.74) is 8.47. The van der Waals surface area contributed by atoms with Gasteiger partial charge in [0, 0.05) is 14.3 Å². The maximum atomic E-state index is 8.64. The van der Waals surface area contributed by atoms with Gasteiger partial charge in [0.1, 0.15) is 25.3 Å². The van der Waals surface area contributed by atoms with Gasteiger partial charge >= 0.3 is 103 Å².